The van der Waals surface area contributed by atoms with Gasteiger partial charge < -0.3 is 15.4 Å². The standard InChI is InChI=1S/C18H12ClFN4O2/c1-26-17-6-15-12(5-16(17)23-9-25)18(10(7-21)8-22-15)24-11-2-3-14(20)13(19)4-11/h2-6,8-9H,1H3,(H,22,24)(H,23,25). The van der Waals surface area contributed by atoms with E-state index >= 15 is 0 Å². The van der Waals surface area contributed by atoms with E-state index in [-0.39, 0.29) is 10.6 Å². The van der Waals surface area contributed by atoms with Gasteiger partial charge in [-0.05, 0) is 24.3 Å². The smallest absolute Gasteiger partial charge is 0.211 e. The minimum Gasteiger partial charge on any atom is -0.494 e. The van der Waals surface area contributed by atoms with E-state index < -0.39 is 5.82 Å². The molecule has 2 N–H and O–H groups in total. The van der Waals surface area contributed by atoms with Crippen molar-refractivity contribution in [1.29, 1.82) is 5.26 Å². The number of nitrogens with zero attached hydrogens (tertiary/aromatic N) is 2. The van der Waals surface area contributed by atoms with Gasteiger partial charge >= 0.3 is 0 Å². The van der Waals surface area contributed by atoms with Crippen molar-refractivity contribution in [2.75, 3.05) is 17.7 Å². The van der Waals surface area contributed by atoms with E-state index in [4.69, 9.17) is 16.3 Å². The molecule has 3 aromatic rings. The second-order valence-electron chi connectivity index (χ2n) is 5.24. The molecule has 0 atom stereocenters. The van der Waals surface area contributed by atoms with Crippen LogP contribution in [0.1, 0.15) is 5.56 Å². The fourth-order valence-corrected chi connectivity index (χ4v) is 2.68. The van der Waals surface area contributed by atoms with Crippen LogP contribution in [0.15, 0.2) is 36.5 Å². The van der Waals surface area contributed by atoms with Gasteiger partial charge in [-0.1, -0.05) is 11.6 Å². The molecule has 0 aliphatic rings. The fraction of sp³-hybridized carbons (Fsp3) is 0.0556. The van der Waals surface area contributed by atoms with Crippen molar-refractivity contribution in [3.05, 3.63) is 52.9 Å². The highest BCUT2D eigenvalue weighted by Gasteiger charge is 2.14. The van der Waals surface area contributed by atoms with Gasteiger partial charge in [0.15, 0.2) is 0 Å². The summed E-state index contributed by atoms with van der Waals surface area (Å²) in [7, 11) is 1.47. The molecule has 3 rings (SSSR count). The molecule has 0 aliphatic heterocycles. The van der Waals surface area contributed by atoms with Crippen molar-refractivity contribution in [1.82, 2.24) is 4.98 Å². The van der Waals surface area contributed by atoms with Crippen LogP contribution in [0.5, 0.6) is 5.75 Å². The maximum atomic E-state index is 13.4. The van der Waals surface area contributed by atoms with Gasteiger partial charge in [-0.3, -0.25) is 9.78 Å². The number of nitrogens with one attached hydrogen (secondary N) is 2. The molecule has 0 fully saturated rings. The number of aromatic nitrogens is 1. The normalized spacial score (nSPS) is 10.2. The molecule has 0 bridgehead atoms. The topological polar surface area (TPSA) is 87.0 Å². The lowest BCUT2D eigenvalue weighted by molar-refractivity contribution is -0.105. The van der Waals surface area contributed by atoms with Gasteiger partial charge in [-0.2, -0.15) is 5.26 Å². The summed E-state index contributed by atoms with van der Waals surface area (Å²) >= 11 is 5.82. The molecule has 6 nitrogen and oxygen atoms in total. The second kappa shape index (κ2) is 7.25. The number of benzene rings is 2. The van der Waals surface area contributed by atoms with Gasteiger partial charge in [0.25, 0.3) is 0 Å². The van der Waals surface area contributed by atoms with Gasteiger partial charge in [-0.15, -0.1) is 0 Å². The number of halogens is 2. The lowest BCUT2D eigenvalue weighted by Crippen LogP contribution is -2.01. The van der Waals surface area contributed by atoms with Crippen molar-refractivity contribution in [2.24, 2.45) is 0 Å². The van der Waals surface area contributed by atoms with Crippen molar-refractivity contribution >= 4 is 46.0 Å². The Morgan fingerprint density at radius 3 is 2.81 bits per heavy atom. The summed E-state index contributed by atoms with van der Waals surface area (Å²) in [5.74, 6) is -0.114. The molecule has 1 heterocycles. The minimum atomic E-state index is -0.542. The number of amides is 1. The lowest BCUT2D eigenvalue weighted by Gasteiger charge is -2.14. The maximum absolute atomic E-state index is 13.4. The Balaban J connectivity index is 2.20. The summed E-state index contributed by atoms with van der Waals surface area (Å²) in [5, 5.41) is 15.6. The zero-order valence-corrected chi connectivity index (χ0v) is 14.3. The van der Waals surface area contributed by atoms with Crippen LogP contribution in [0.3, 0.4) is 0 Å². The van der Waals surface area contributed by atoms with Gasteiger partial charge in [-0.25, -0.2) is 4.39 Å². The van der Waals surface area contributed by atoms with Crippen LogP contribution < -0.4 is 15.4 Å². The van der Waals surface area contributed by atoms with E-state index in [0.29, 0.717) is 40.1 Å². The first-order valence-electron chi connectivity index (χ1n) is 7.40. The van der Waals surface area contributed by atoms with Crippen LogP contribution in [0.25, 0.3) is 10.9 Å². The largest absolute Gasteiger partial charge is 0.494 e. The van der Waals surface area contributed by atoms with E-state index in [0.717, 1.165) is 0 Å². The highest BCUT2D eigenvalue weighted by atomic mass is 35.5. The third-order valence-corrected chi connectivity index (χ3v) is 4.00. The SMILES string of the molecule is COc1cc2ncc(C#N)c(Nc3ccc(F)c(Cl)c3)c2cc1NC=O. The van der Waals surface area contributed by atoms with E-state index in [2.05, 4.69) is 21.7 Å². The molecule has 0 radical (unpaired) electrons. The monoisotopic (exact) mass is 370 g/mol. The van der Waals surface area contributed by atoms with Crippen LogP contribution in [0.2, 0.25) is 5.02 Å². The Labute approximate surface area is 153 Å². The molecule has 1 aromatic heterocycles. The van der Waals surface area contributed by atoms with Crippen molar-refractivity contribution in [3.8, 4) is 11.8 Å². The number of anilines is 3. The summed E-state index contributed by atoms with van der Waals surface area (Å²) in [5.41, 5.74) is 2.21. The van der Waals surface area contributed by atoms with Crippen molar-refractivity contribution < 1.29 is 13.9 Å². The number of rotatable bonds is 5. The second-order valence-corrected chi connectivity index (χ2v) is 5.65. The van der Waals surface area contributed by atoms with Crippen LogP contribution in [-0.4, -0.2) is 18.5 Å². The van der Waals surface area contributed by atoms with Crippen LogP contribution in [0.4, 0.5) is 21.5 Å². The first-order chi connectivity index (χ1) is 12.6. The zero-order chi connectivity index (χ0) is 18.7. The first-order valence-corrected chi connectivity index (χ1v) is 7.78. The summed E-state index contributed by atoms with van der Waals surface area (Å²) in [4.78, 5) is 15.1. The Kier molecular flexibility index (Phi) is 4.87. The number of hydrogen-bond donors (Lipinski definition) is 2. The highest BCUT2D eigenvalue weighted by molar-refractivity contribution is 6.31. The fourth-order valence-electron chi connectivity index (χ4n) is 2.50. The number of carbonyl (C=O) groups is 1. The first kappa shape index (κ1) is 17.5. The number of nitriles is 1. The average Bonchev–Trinajstić information content (AvgIpc) is 2.65. The van der Waals surface area contributed by atoms with E-state index in [1.807, 2.05) is 0 Å². The Morgan fingerprint density at radius 2 is 2.15 bits per heavy atom. The maximum Gasteiger partial charge on any atom is 0.211 e. The third kappa shape index (κ3) is 3.23. The summed E-state index contributed by atoms with van der Waals surface area (Å²) in [6.07, 6.45) is 1.94. The number of fused-ring (bicyclic) bond motifs is 1. The number of pyridine rings is 1. The molecule has 0 unspecified atom stereocenters. The lowest BCUT2D eigenvalue weighted by atomic mass is 10.1. The molecule has 1 amide bonds. The predicted octanol–water partition coefficient (Wildman–Crippen LogP) is 4.22. The predicted molar refractivity (Wildman–Crippen MR) is 97.4 cm³/mol. The average molecular weight is 371 g/mol. The molecule has 0 saturated heterocycles. The van der Waals surface area contributed by atoms with E-state index in [1.54, 1.807) is 12.1 Å². The van der Waals surface area contributed by atoms with Gasteiger partial charge in [0.1, 0.15) is 17.6 Å². The molecule has 26 heavy (non-hydrogen) atoms. The Bertz CT molecular complexity index is 1050. The van der Waals surface area contributed by atoms with E-state index in [9.17, 15) is 14.4 Å². The van der Waals surface area contributed by atoms with Crippen LogP contribution >= 0.6 is 11.6 Å². The van der Waals surface area contributed by atoms with Gasteiger partial charge in [0.05, 0.1) is 34.6 Å². The summed E-state index contributed by atoms with van der Waals surface area (Å²) in [6, 6.07) is 9.49. The Morgan fingerprint density at radius 1 is 1.35 bits per heavy atom. The molecule has 0 spiro atoms. The molecule has 8 heteroatoms. The summed E-state index contributed by atoms with van der Waals surface area (Å²) in [6.45, 7) is 0. The molecule has 2 aromatic carbocycles. The number of methoxy groups -OCH3 is 1. The van der Waals surface area contributed by atoms with Crippen molar-refractivity contribution in [2.45, 2.75) is 0 Å². The molecule has 0 saturated carbocycles. The quantitative estimate of drug-likeness (QED) is 0.656. The molecule has 130 valence electrons. The van der Waals surface area contributed by atoms with Gasteiger partial charge in [0, 0.05) is 23.3 Å². The molecule has 0 aliphatic carbocycles. The summed E-state index contributed by atoms with van der Waals surface area (Å²) < 4.78 is 18.6. The molecular formula is C18H12ClFN4O2. The van der Waals surface area contributed by atoms with E-state index in [1.165, 1.54) is 31.5 Å². The number of carbonyl (C=O) groups excluding carboxylic acids is 1. The number of hydrogen-bond acceptors (Lipinski definition) is 5. The van der Waals surface area contributed by atoms with Crippen LogP contribution in [0, 0.1) is 17.1 Å². The number of ether oxygens (including phenoxy) is 1. The minimum absolute atomic E-state index is 0.0446. The third-order valence-electron chi connectivity index (χ3n) is 3.71. The Hall–Kier alpha value is -3.37. The zero-order valence-electron chi connectivity index (χ0n) is 13.5. The molecular weight excluding hydrogens is 359 g/mol. The van der Waals surface area contributed by atoms with Crippen LogP contribution in [-0.2, 0) is 4.79 Å². The highest BCUT2D eigenvalue weighted by Crippen LogP contribution is 2.36. The van der Waals surface area contributed by atoms with Crippen molar-refractivity contribution in [3.63, 3.8) is 0 Å². The van der Waals surface area contributed by atoms with Gasteiger partial charge in [0.2, 0.25) is 6.41 Å².